The molecule has 1 aromatic rings. The number of hydrogen-bond donors (Lipinski definition) is 3. The lowest BCUT2D eigenvalue weighted by Crippen LogP contribution is -2.33. The second kappa shape index (κ2) is 5.95. The van der Waals surface area contributed by atoms with Gasteiger partial charge < -0.3 is 20.1 Å². The van der Waals surface area contributed by atoms with E-state index < -0.39 is 46.4 Å². The van der Waals surface area contributed by atoms with E-state index in [4.69, 9.17) is 5.11 Å². The van der Waals surface area contributed by atoms with Gasteiger partial charge in [-0.1, -0.05) is 17.7 Å². The molecule has 8 nitrogen and oxygen atoms in total. The molecular weight excluding hydrogens is 316 g/mol. The van der Waals surface area contributed by atoms with Crippen molar-refractivity contribution in [2.24, 2.45) is 0 Å². The molecule has 0 radical (unpaired) electrons. The molecule has 1 aliphatic rings. The predicted molar refractivity (Wildman–Crippen MR) is 72.5 cm³/mol. The Hall–Kier alpha value is -2.10. The summed E-state index contributed by atoms with van der Waals surface area (Å²) in [6.45, 7) is 1.03. The quantitative estimate of drug-likeness (QED) is 0.519. The number of esters is 1. The number of cyclic esters (lactones) is 1. The Morgan fingerprint density at radius 1 is 1.27 bits per heavy atom. The third kappa shape index (κ3) is 3.21. The second-order valence-electron chi connectivity index (χ2n) is 4.68. The van der Waals surface area contributed by atoms with Crippen molar-refractivity contribution in [2.75, 3.05) is 6.61 Å². The Kier molecular flexibility index (Phi) is 4.40. The van der Waals surface area contributed by atoms with E-state index >= 15 is 0 Å². The number of carbonyl (C=O) groups excluding carboxylic acids is 1. The van der Waals surface area contributed by atoms with Crippen LogP contribution >= 0.6 is 0 Å². The summed E-state index contributed by atoms with van der Waals surface area (Å²) in [5.74, 6) is -3.10. The van der Waals surface area contributed by atoms with E-state index in [1.165, 1.54) is 12.1 Å². The van der Waals surface area contributed by atoms with Crippen molar-refractivity contribution in [1.82, 2.24) is 0 Å². The van der Waals surface area contributed by atoms with Gasteiger partial charge in [0.1, 0.15) is 6.10 Å². The Morgan fingerprint density at radius 2 is 1.86 bits per heavy atom. The molecule has 0 bridgehead atoms. The van der Waals surface area contributed by atoms with Crippen LogP contribution in [0, 0.1) is 6.92 Å². The summed E-state index contributed by atoms with van der Waals surface area (Å²) in [6.07, 6.45) is -3.23. The molecule has 0 amide bonds. The molecule has 2 rings (SSSR count). The summed E-state index contributed by atoms with van der Waals surface area (Å²) >= 11 is 0. The highest BCUT2D eigenvalue weighted by molar-refractivity contribution is 7.86. The van der Waals surface area contributed by atoms with Crippen LogP contribution in [0.25, 0.3) is 0 Å². The minimum absolute atomic E-state index is 0.101. The average molecular weight is 330 g/mol. The van der Waals surface area contributed by atoms with Crippen LogP contribution in [0.2, 0.25) is 0 Å². The van der Waals surface area contributed by atoms with Crippen LogP contribution in [0.15, 0.2) is 40.7 Å². The second-order valence-corrected chi connectivity index (χ2v) is 6.29. The maximum atomic E-state index is 11.9. The molecule has 1 aromatic carbocycles. The van der Waals surface area contributed by atoms with E-state index in [9.17, 15) is 23.4 Å². The molecule has 120 valence electrons. The van der Waals surface area contributed by atoms with Crippen molar-refractivity contribution in [3.8, 4) is 0 Å². The molecule has 0 unspecified atom stereocenters. The van der Waals surface area contributed by atoms with Crippen molar-refractivity contribution in [1.29, 1.82) is 0 Å². The van der Waals surface area contributed by atoms with Crippen LogP contribution in [0.1, 0.15) is 5.56 Å². The molecule has 2 atom stereocenters. The van der Waals surface area contributed by atoms with Crippen LogP contribution in [0.5, 0.6) is 0 Å². The van der Waals surface area contributed by atoms with Gasteiger partial charge in [0.15, 0.2) is 11.9 Å². The van der Waals surface area contributed by atoms with E-state index in [-0.39, 0.29) is 4.90 Å². The number of ether oxygens (including phenoxy) is 1. The maximum absolute atomic E-state index is 11.9. The summed E-state index contributed by atoms with van der Waals surface area (Å²) < 4.78 is 33.0. The number of benzene rings is 1. The van der Waals surface area contributed by atoms with Gasteiger partial charge in [-0.05, 0) is 19.1 Å². The first-order chi connectivity index (χ1) is 10.2. The normalized spacial score (nSPS) is 20.1. The van der Waals surface area contributed by atoms with Gasteiger partial charge >= 0.3 is 5.97 Å². The molecule has 0 aromatic heterocycles. The van der Waals surface area contributed by atoms with Crippen LogP contribution in [-0.2, 0) is 23.8 Å². The van der Waals surface area contributed by atoms with E-state index in [0.717, 1.165) is 5.56 Å². The Balaban J connectivity index is 2.03. The molecule has 0 spiro atoms. The van der Waals surface area contributed by atoms with Gasteiger partial charge in [-0.25, -0.2) is 4.79 Å². The molecule has 22 heavy (non-hydrogen) atoms. The molecule has 3 N–H and O–H groups in total. The smallest absolute Gasteiger partial charge is 0.377 e. The molecular formula is C13H14O8S. The molecule has 1 heterocycles. The number of aliphatic hydroxyl groups is 3. The number of aryl methyl sites for hydroxylation is 1. The number of rotatable bonds is 5. The molecule has 0 fully saturated rings. The zero-order valence-corrected chi connectivity index (χ0v) is 12.3. The fourth-order valence-electron chi connectivity index (χ4n) is 1.75. The van der Waals surface area contributed by atoms with Gasteiger partial charge in [-0.3, -0.25) is 4.18 Å². The van der Waals surface area contributed by atoms with Crippen LogP contribution in [0.3, 0.4) is 0 Å². The summed E-state index contributed by atoms with van der Waals surface area (Å²) in [4.78, 5) is 10.9. The van der Waals surface area contributed by atoms with Crippen molar-refractivity contribution >= 4 is 16.1 Å². The summed E-state index contributed by atoms with van der Waals surface area (Å²) in [6, 6.07) is 5.85. The van der Waals surface area contributed by atoms with Crippen LogP contribution in [-0.4, -0.2) is 48.5 Å². The van der Waals surface area contributed by atoms with Crippen molar-refractivity contribution in [3.63, 3.8) is 0 Å². The monoisotopic (exact) mass is 330 g/mol. The molecule has 9 heteroatoms. The van der Waals surface area contributed by atoms with Crippen molar-refractivity contribution in [2.45, 2.75) is 24.0 Å². The zero-order valence-electron chi connectivity index (χ0n) is 11.5. The predicted octanol–water partition coefficient (Wildman–Crippen LogP) is 0.314. The molecule has 0 saturated heterocycles. The zero-order chi connectivity index (χ0) is 16.5. The lowest BCUT2D eigenvalue weighted by molar-refractivity contribution is -0.147. The van der Waals surface area contributed by atoms with Crippen LogP contribution in [0.4, 0.5) is 0 Å². The minimum atomic E-state index is -4.11. The minimum Gasteiger partial charge on any atom is -0.505 e. The number of carbonyl (C=O) groups is 1. The van der Waals surface area contributed by atoms with Crippen LogP contribution < -0.4 is 0 Å². The van der Waals surface area contributed by atoms with Gasteiger partial charge in [-0.15, -0.1) is 0 Å². The molecule has 0 saturated carbocycles. The van der Waals surface area contributed by atoms with E-state index in [0.29, 0.717) is 0 Å². The Labute approximate surface area is 126 Å². The third-order valence-corrected chi connectivity index (χ3v) is 4.29. The fourth-order valence-corrected chi connectivity index (χ4v) is 2.67. The maximum Gasteiger partial charge on any atom is 0.377 e. The average Bonchev–Trinajstić information content (AvgIpc) is 2.73. The first-order valence-corrected chi connectivity index (χ1v) is 7.60. The van der Waals surface area contributed by atoms with E-state index in [1.807, 2.05) is 0 Å². The Morgan fingerprint density at radius 3 is 2.36 bits per heavy atom. The topological polar surface area (TPSA) is 130 Å². The van der Waals surface area contributed by atoms with Gasteiger partial charge in [0, 0.05) is 0 Å². The highest BCUT2D eigenvalue weighted by Crippen LogP contribution is 2.22. The van der Waals surface area contributed by atoms with Crippen molar-refractivity contribution in [3.05, 3.63) is 41.3 Å². The van der Waals surface area contributed by atoms with Gasteiger partial charge in [0.2, 0.25) is 5.76 Å². The standard InChI is InChI=1S/C13H14O8S/c1-7-2-4-8(5-3-7)22(18,19)20-6-9(14)12-10(15)11(16)13(17)21-12/h2-5,9,12,14-16H,6H2,1H3/t9-,12+/m0/s1. The third-order valence-electron chi connectivity index (χ3n) is 2.99. The first kappa shape index (κ1) is 16.3. The van der Waals surface area contributed by atoms with E-state index in [2.05, 4.69) is 8.92 Å². The molecule has 1 aliphatic heterocycles. The fraction of sp³-hybridized carbons (Fsp3) is 0.308. The lowest BCUT2D eigenvalue weighted by Gasteiger charge is -2.17. The summed E-state index contributed by atoms with van der Waals surface area (Å²) in [7, 11) is -4.11. The summed E-state index contributed by atoms with van der Waals surface area (Å²) in [5, 5.41) is 28.2. The lowest BCUT2D eigenvalue weighted by atomic mass is 10.2. The largest absolute Gasteiger partial charge is 0.505 e. The summed E-state index contributed by atoms with van der Waals surface area (Å²) in [5.41, 5.74) is 0.863. The number of aliphatic hydroxyl groups excluding tert-OH is 3. The number of hydrogen-bond acceptors (Lipinski definition) is 8. The van der Waals surface area contributed by atoms with Gasteiger partial charge in [0.05, 0.1) is 11.5 Å². The SMILES string of the molecule is Cc1ccc(S(=O)(=O)OC[C@H](O)[C@H]2OC(=O)C(O)=C2O)cc1. The first-order valence-electron chi connectivity index (χ1n) is 6.19. The van der Waals surface area contributed by atoms with Crippen molar-refractivity contribution < 1.29 is 37.5 Å². The Bertz CT molecular complexity index is 704. The highest BCUT2D eigenvalue weighted by Gasteiger charge is 2.39. The van der Waals surface area contributed by atoms with Gasteiger partial charge in [0.25, 0.3) is 10.1 Å². The highest BCUT2D eigenvalue weighted by atomic mass is 32.2. The molecule has 0 aliphatic carbocycles. The van der Waals surface area contributed by atoms with E-state index in [1.54, 1.807) is 19.1 Å². The van der Waals surface area contributed by atoms with Gasteiger partial charge in [-0.2, -0.15) is 8.42 Å².